The standard InChI is InChI=1S/C18H24N4O2S/c1-13-10-17-19-21(12-20(2)8-5-9-23-3)18(25)22(17)16-11-14(24-4)6-7-15(13)16/h6-7,10-11H,5,8-9,12H2,1-4H3. The summed E-state index contributed by atoms with van der Waals surface area (Å²) in [5.74, 6) is 0.811. The molecular weight excluding hydrogens is 336 g/mol. The van der Waals surface area contributed by atoms with Crippen LogP contribution < -0.4 is 4.74 Å². The van der Waals surface area contributed by atoms with Crippen LogP contribution in [0.3, 0.4) is 0 Å². The van der Waals surface area contributed by atoms with Crippen molar-refractivity contribution in [3.8, 4) is 5.75 Å². The number of rotatable bonds is 7. The lowest BCUT2D eigenvalue weighted by molar-refractivity contribution is 0.168. The fraction of sp³-hybridized carbons (Fsp3) is 0.444. The molecule has 0 fully saturated rings. The summed E-state index contributed by atoms with van der Waals surface area (Å²) in [6, 6.07) is 8.13. The molecule has 0 aliphatic rings. The zero-order valence-corrected chi connectivity index (χ0v) is 16.0. The Morgan fingerprint density at radius 1 is 1.24 bits per heavy atom. The van der Waals surface area contributed by atoms with Gasteiger partial charge in [-0.25, -0.2) is 4.68 Å². The average molecular weight is 360 g/mol. The monoisotopic (exact) mass is 360 g/mol. The van der Waals surface area contributed by atoms with Crippen LogP contribution in [0.2, 0.25) is 0 Å². The Kier molecular flexibility index (Phi) is 5.36. The first-order chi connectivity index (χ1) is 12.0. The average Bonchev–Trinajstić information content (AvgIpc) is 2.90. The third-order valence-corrected chi connectivity index (χ3v) is 4.74. The summed E-state index contributed by atoms with van der Waals surface area (Å²) >= 11 is 5.70. The fourth-order valence-electron chi connectivity index (χ4n) is 3.04. The van der Waals surface area contributed by atoms with Gasteiger partial charge in [-0.2, -0.15) is 5.10 Å². The minimum Gasteiger partial charge on any atom is -0.497 e. The fourth-order valence-corrected chi connectivity index (χ4v) is 3.33. The minimum atomic E-state index is 0.648. The zero-order valence-electron chi connectivity index (χ0n) is 15.2. The smallest absolute Gasteiger partial charge is 0.204 e. The summed E-state index contributed by atoms with van der Waals surface area (Å²) in [4.78, 5) is 2.19. The number of methoxy groups -OCH3 is 2. The molecule has 0 saturated heterocycles. The van der Waals surface area contributed by atoms with Crippen molar-refractivity contribution in [2.75, 3.05) is 34.4 Å². The molecule has 0 aliphatic heterocycles. The Bertz CT molecular complexity index is 948. The molecule has 0 saturated carbocycles. The lowest BCUT2D eigenvalue weighted by atomic mass is 10.1. The second-order valence-corrected chi connectivity index (χ2v) is 6.62. The van der Waals surface area contributed by atoms with E-state index in [1.54, 1.807) is 14.2 Å². The number of ether oxygens (including phenoxy) is 2. The Hall–Kier alpha value is -1.96. The molecular formula is C18H24N4O2S. The number of aryl methyl sites for hydroxylation is 1. The zero-order chi connectivity index (χ0) is 18.0. The summed E-state index contributed by atoms with van der Waals surface area (Å²) in [5.41, 5.74) is 3.05. The van der Waals surface area contributed by atoms with Crippen LogP contribution in [0.4, 0.5) is 0 Å². The summed E-state index contributed by atoms with van der Waals surface area (Å²) in [6.07, 6.45) is 0.979. The van der Waals surface area contributed by atoms with Gasteiger partial charge in [0.25, 0.3) is 0 Å². The van der Waals surface area contributed by atoms with Crippen molar-refractivity contribution in [3.05, 3.63) is 34.6 Å². The first kappa shape index (κ1) is 17.8. The third kappa shape index (κ3) is 3.53. The van der Waals surface area contributed by atoms with Crippen molar-refractivity contribution >= 4 is 28.8 Å². The largest absolute Gasteiger partial charge is 0.497 e. The quantitative estimate of drug-likeness (QED) is 0.478. The topological polar surface area (TPSA) is 43.9 Å². The van der Waals surface area contributed by atoms with E-state index >= 15 is 0 Å². The molecule has 7 heteroatoms. The lowest BCUT2D eigenvalue weighted by Gasteiger charge is -2.15. The SMILES string of the molecule is COCCCN(C)Cn1nc2cc(C)c3ccc(OC)cc3n2c1=S. The Morgan fingerprint density at radius 2 is 2.04 bits per heavy atom. The molecule has 0 N–H and O–H groups in total. The maximum absolute atomic E-state index is 5.70. The van der Waals surface area contributed by atoms with Gasteiger partial charge in [0.15, 0.2) is 5.65 Å². The highest BCUT2D eigenvalue weighted by Crippen LogP contribution is 2.25. The van der Waals surface area contributed by atoms with Crippen LogP contribution in [0.15, 0.2) is 24.3 Å². The van der Waals surface area contributed by atoms with E-state index in [1.165, 1.54) is 5.56 Å². The number of aromatic nitrogens is 3. The van der Waals surface area contributed by atoms with E-state index in [0.717, 1.165) is 41.9 Å². The first-order valence-electron chi connectivity index (χ1n) is 8.29. The molecule has 6 nitrogen and oxygen atoms in total. The van der Waals surface area contributed by atoms with E-state index in [-0.39, 0.29) is 0 Å². The molecule has 0 aliphatic carbocycles. The van der Waals surface area contributed by atoms with Gasteiger partial charge in [0, 0.05) is 31.7 Å². The maximum atomic E-state index is 5.70. The molecule has 3 aromatic rings. The molecule has 2 aromatic heterocycles. The predicted molar refractivity (Wildman–Crippen MR) is 102 cm³/mol. The molecule has 0 radical (unpaired) electrons. The van der Waals surface area contributed by atoms with E-state index in [0.29, 0.717) is 11.4 Å². The molecule has 1 aromatic carbocycles. The molecule has 0 unspecified atom stereocenters. The van der Waals surface area contributed by atoms with Crippen molar-refractivity contribution in [2.45, 2.75) is 20.0 Å². The van der Waals surface area contributed by atoms with Crippen molar-refractivity contribution in [1.82, 2.24) is 19.1 Å². The second kappa shape index (κ2) is 7.51. The predicted octanol–water partition coefficient (Wildman–Crippen LogP) is 3.26. The van der Waals surface area contributed by atoms with E-state index < -0.39 is 0 Å². The molecule has 25 heavy (non-hydrogen) atoms. The number of nitrogens with zero attached hydrogens (tertiary/aromatic N) is 4. The molecule has 2 heterocycles. The van der Waals surface area contributed by atoms with Crippen LogP contribution >= 0.6 is 12.2 Å². The molecule has 0 atom stereocenters. The molecule has 0 amide bonds. The Balaban J connectivity index is 2.04. The number of pyridine rings is 1. The summed E-state index contributed by atoms with van der Waals surface area (Å²) in [6.45, 7) is 4.42. The Morgan fingerprint density at radius 3 is 2.76 bits per heavy atom. The highest BCUT2D eigenvalue weighted by Gasteiger charge is 2.12. The normalized spacial score (nSPS) is 11.7. The van der Waals surface area contributed by atoms with Gasteiger partial charge >= 0.3 is 0 Å². The van der Waals surface area contributed by atoms with Crippen molar-refractivity contribution in [2.24, 2.45) is 0 Å². The summed E-state index contributed by atoms with van der Waals surface area (Å²) < 4.78 is 15.1. The first-order valence-corrected chi connectivity index (χ1v) is 8.70. The third-order valence-electron chi connectivity index (χ3n) is 4.34. The van der Waals surface area contributed by atoms with Gasteiger partial charge in [0.05, 0.1) is 19.3 Å². The van der Waals surface area contributed by atoms with Crippen molar-refractivity contribution < 1.29 is 9.47 Å². The highest BCUT2D eigenvalue weighted by atomic mass is 32.1. The van der Waals surface area contributed by atoms with Crippen LogP contribution in [-0.4, -0.2) is 53.5 Å². The van der Waals surface area contributed by atoms with E-state index in [4.69, 9.17) is 26.8 Å². The number of hydrogen-bond acceptors (Lipinski definition) is 5. The van der Waals surface area contributed by atoms with E-state index in [2.05, 4.69) is 31.0 Å². The van der Waals surface area contributed by atoms with Gasteiger partial charge in [-0.3, -0.25) is 9.30 Å². The van der Waals surface area contributed by atoms with Crippen LogP contribution in [-0.2, 0) is 11.4 Å². The van der Waals surface area contributed by atoms with Gasteiger partial charge in [-0.15, -0.1) is 0 Å². The molecule has 3 rings (SSSR count). The minimum absolute atomic E-state index is 0.648. The Labute approximate surface area is 152 Å². The highest BCUT2D eigenvalue weighted by molar-refractivity contribution is 7.71. The second-order valence-electron chi connectivity index (χ2n) is 6.25. The summed E-state index contributed by atoms with van der Waals surface area (Å²) in [7, 11) is 5.46. The van der Waals surface area contributed by atoms with Gasteiger partial charge in [-0.1, -0.05) is 0 Å². The summed E-state index contributed by atoms with van der Waals surface area (Å²) in [5, 5.41) is 5.86. The number of benzene rings is 1. The van der Waals surface area contributed by atoms with Crippen LogP contribution in [0.25, 0.3) is 16.6 Å². The van der Waals surface area contributed by atoms with Crippen LogP contribution in [0.1, 0.15) is 12.0 Å². The van der Waals surface area contributed by atoms with Gasteiger partial charge in [0.1, 0.15) is 5.75 Å². The number of fused-ring (bicyclic) bond motifs is 3. The van der Waals surface area contributed by atoms with E-state index in [9.17, 15) is 0 Å². The van der Waals surface area contributed by atoms with Crippen LogP contribution in [0, 0.1) is 11.7 Å². The molecule has 0 spiro atoms. The molecule has 134 valence electrons. The van der Waals surface area contributed by atoms with Gasteiger partial charge in [0.2, 0.25) is 4.77 Å². The lowest BCUT2D eigenvalue weighted by Crippen LogP contribution is -2.24. The van der Waals surface area contributed by atoms with Gasteiger partial charge < -0.3 is 9.47 Å². The number of hydrogen-bond donors (Lipinski definition) is 0. The van der Waals surface area contributed by atoms with Crippen molar-refractivity contribution in [3.63, 3.8) is 0 Å². The van der Waals surface area contributed by atoms with Crippen LogP contribution in [0.5, 0.6) is 5.75 Å². The molecule has 0 bridgehead atoms. The van der Waals surface area contributed by atoms with Crippen molar-refractivity contribution in [1.29, 1.82) is 0 Å². The van der Waals surface area contributed by atoms with Gasteiger partial charge in [-0.05, 0) is 56.4 Å². The van der Waals surface area contributed by atoms with E-state index in [1.807, 2.05) is 21.2 Å². The maximum Gasteiger partial charge on any atom is 0.204 e.